The van der Waals surface area contributed by atoms with Crippen molar-refractivity contribution in [1.29, 1.82) is 0 Å². The maximum absolute atomic E-state index is 5.67. The van der Waals surface area contributed by atoms with E-state index in [1.165, 1.54) is 0 Å². The molecule has 0 radical (unpaired) electrons. The van der Waals surface area contributed by atoms with Gasteiger partial charge in [-0.3, -0.25) is 0 Å². The van der Waals surface area contributed by atoms with Gasteiger partial charge in [0.25, 0.3) is 0 Å². The van der Waals surface area contributed by atoms with Crippen LogP contribution in [0.1, 0.15) is 32.6 Å². The van der Waals surface area contributed by atoms with Crippen molar-refractivity contribution in [2.24, 2.45) is 5.92 Å². The molecule has 0 unspecified atom stereocenters. The molecule has 108 valence electrons. The third kappa shape index (κ3) is 4.18. The van der Waals surface area contributed by atoms with Crippen LogP contribution >= 0.6 is 0 Å². The van der Waals surface area contributed by atoms with Crippen molar-refractivity contribution in [3.63, 3.8) is 0 Å². The van der Waals surface area contributed by atoms with Gasteiger partial charge in [0.05, 0.1) is 12.6 Å². The largest absolute Gasteiger partial charge is 0.407 e. The normalized spacial score (nSPS) is 17.4. The second kappa shape index (κ2) is 6.86. The minimum absolute atomic E-state index is 0.367. The lowest BCUT2D eigenvalue weighted by Gasteiger charge is -2.29. The third-order valence-corrected chi connectivity index (χ3v) is 3.33. The molecule has 0 bridgehead atoms. The lowest BCUT2D eigenvalue weighted by atomic mass is 10.1. The Morgan fingerprint density at radius 2 is 2.11 bits per heavy atom. The van der Waals surface area contributed by atoms with E-state index in [1.54, 1.807) is 7.11 Å². The standard InChI is InChI=1S/C13H24N4O2/c1-10(2)8-14-9-12-15-16-13(19-12)17-6-4-11(18-3)5-7-17/h10-11,14H,4-9H2,1-3H3. The fourth-order valence-electron chi connectivity index (χ4n) is 2.19. The van der Waals surface area contributed by atoms with Gasteiger partial charge in [0.15, 0.2) is 0 Å². The molecule has 0 aliphatic carbocycles. The van der Waals surface area contributed by atoms with Gasteiger partial charge in [0, 0.05) is 20.2 Å². The molecule has 1 saturated heterocycles. The molecule has 1 N–H and O–H groups in total. The van der Waals surface area contributed by atoms with Crippen molar-refractivity contribution in [3.8, 4) is 0 Å². The van der Waals surface area contributed by atoms with Crippen LogP contribution in [0.15, 0.2) is 4.42 Å². The number of anilines is 1. The lowest BCUT2D eigenvalue weighted by molar-refractivity contribution is 0.0810. The molecule has 1 aromatic heterocycles. The summed E-state index contributed by atoms with van der Waals surface area (Å²) in [5, 5.41) is 11.5. The summed E-state index contributed by atoms with van der Waals surface area (Å²) in [4.78, 5) is 2.13. The first-order valence-corrected chi connectivity index (χ1v) is 7.00. The van der Waals surface area contributed by atoms with Gasteiger partial charge < -0.3 is 19.4 Å². The summed E-state index contributed by atoms with van der Waals surface area (Å²) in [6.07, 6.45) is 2.39. The Morgan fingerprint density at radius 3 is 2.74 bits per heavy atom. The van der Waals surface area contributed by atoms with Crippen LogP contribution in [-0.4, -0.2) is 43.0 Å². The van der Waals surface area contributed by atoms with Crippen LogP contribution in [0.2, 0.25) is 0 Å². The van der Waals surface area contributed by atoms with Gasteiger partial charge in [0.2, 0.25) is 5.89 Å². The Bertz CT molecular complexity index is 372. The van der Waals surface area contributed by atoms with E-state index in [1.807, 2.05) is 0 Å². The highest BCUT2D eigenvalue weighted by atomic mass is 16.5. The molecule has 0 saturated carbocycles. The first kappa shape index (κ1) is 14.3. The average Bonchev–Trinajstić information content (AvgIpc) is 2.87. The lowest BCUT2D eigenvalue weighted by Crippen LogP contribution is -2.36. The number of nitrogens with zero attached hydrogens (tertiary/aromatic N) is 3. The number of hydrogen-bond acceptors (Lipinski definition) is 6. The molecule has 0 spiro atoms. The first-order chi connectivity index (χ1) is 9.19. The van der Waals surface area contributed by atoms with Gasteiger partial charge in [-0.2, -0.15) is 0 Å². The van der Waals surface area contributed by atoms with Crippen molar-refractivity contribution >= 4 is 6.01 Å². The zero-order valence-electron chi connectivity index (χ0n) is 12.1. The highest BCUT2D eigenvalue weighted by molar-refractivity contribution is 5.24. The summed E-state index contributed by atoms with van der Waals surface area (Å²) in [5.74, 6) is 1.28. The quantitative estimate of drug-likeness (QED) is 0.842. The molecule has 1 aliphatic rings. The molecule has 19 heavy (non-hydrogen) atoms. The zero-order valence-corrected chi connectivity index (χ0v) is 12.1. The van der Waals surface area contributed by atoms with Crippen LogP contribution < -0.4 is 10.2 Å². The van der Waals surface area contributed by atoms with Crippen LogP contribution in [0.3, 0.4) is 0 Å². The second-order valence-corrected chi connectivity index (χ2v) is 5.43. The number of nitrogens with one attached hydrogen (secondary N) is 1. The molecule has 0 atom stereocenters. The van der Waals surface area contributed by atoms with Crippen LogP contribution in [0, 0.1) is 5.92 Å². The van der Waals surface area contributed by atoms with Crippen molar-refractivity contribution in [1.82, 2.24) is 15.5 Å². The number of methoxy groups -OCH3 is 1. The van der Waals surface area contributed by atoms with Crippen LogP contribution in [0.5, 0.6) is 0 Å². The second-order valence-electron chi connectivity index (χ2n) is 5.43. The van der Waals surface area contributed by atoms with E-state index in [-0.39, 0.29) is 0 Å². The fraction of sp³-hybridized carbons (Fsp3) is 0.846. The SMILES string of the molecule is COC1CCN(c2nnc(CNCC(C)C)o2)CC1. The molecule has 6 nitrogen and oxygen atoms in total. The van der Waals surface area contributed by atoms with Crippen molar-refractivity contribution < 1.29 is 9.15 Å². The molecule has 2 rings (SSSR count). The molecule has 6 heteroatoms. The van der Waals surface area contributed by atoms with Gasteiger partial charge in [-0.05, 0) is 25.3 Å². The van der Waals surface area contributed by atoms with E-state index in [4.69, 9.17) is 9.15 Å². The summed E-state index contributed by atoms with van der Waals surface area (Å²) in [6, 6.07) is 0.635. The molecule has 0 amide bonds. The number of ether oxygens (including phenoxy) is 1. The number of aromatic nitrogens is 2. The summed E-state index contributed by atoms with van der Waals surface area (Å²) in [6.45, 7) is 7.77. The molecular weight excluding hydrogens is 244 g/mol. The third-order valence-electron chi connectivity index (χ3n) is 3.33. The van der Waals surface area contributed by atoms with E-state index in [0.29, 0.717) is 30.5 Å². The molecule has 1 aliphatic heterocycles. The van der Waals surface area contributed by atoms with Gasteiger partial charge in [-0.1, -0.05) is 18.9 Å². The van der Waals surface area contributed by atoms with Gasteiger partial charge >= 0.3 is 6.01 Å². The van der Waals surface area contributed by atoms with Crippen molar-refractivity contribution in [3.05, 3.63) is 5.89 Å². The van der Waals surface area contributed by atoms with Crippen LogP contribution in [-0.2, 0) is 11.3 Å². The number of rotatable bonds is 6. The summed E-state index contributed by atoms with van der Waals surface area (Å²) >= 11 is 0. The van der Waals surface area contributed by atoms with Crippen LogP contribution in [0.4, 0.5) is 6.01 Å². The highest BCUT2D eigenvalue weighted by Gasteiger charge is 2.22. The van der Waals surface area contributed by atoms with Crippen molar-refractivity contribution in [2.75, 3.05) is 31.6 Å². The molecule has 1 aromatic rings. The zero-order chi connectivity index (χ0) is 13.7. The maximum Gasteiger partial charge on any atom is 0.318 e. The Labute approximate surface area is 114 Å². The van der Waals surface area contributed by atoms with Crippen molar-refractivity contribution in [2.45, 2.75) is 39.3 Å². The Hall–Kier alpha value is -1.14. The fourth-order valence-corrected chi connectivity index (χ4v) is 2.19. The molecule has 0 aromatic carbocycles. The van der Waals surface area contributed by atoms with E-state index < -0.39 is 0 Å². The molecule has 1 fully saturated rings. The number of piperidine rings is 1. The first-order valence-electron chi connectivity index (χ1n) is 7.00. The topological polar surface area (TPSA) is 63.4 Å². The van der Waals surface area contributed by atoms with Crippen LogP contribution in [0.25, 0.3) is 0 Å². The van der Waals surface area contributed by atoms with E-state index in [2.05, 4.69) is 34.3 Å². The maximum atomic E-state index is 5.67. The summed E-state index contributed by atoms with van der Waals surface area (Å²) in [7, 11) is 1.77. The minimum Gasteiger partial charge on any atom is -0.407 e. The molecule has 2 heterocycles. The Balaban J connectivity index is 1.80. The van der Waals surface area contributed by atoms with E-state index >= 15 is 0 Å². The highest BCUT2D eigenvalue weighted by Crippen LogP contribution is 2.19. The Kier molecular flexibility index (Phi) is 5.15. The number of hydrogen-bond donors (Lipinski definition) is 1. The van der Waals surface area contributed by atoms with Gasteiger partial charge in [-0.25, -0.2) is 0 Å². The summed E-state index contributed by atoms with van der Waals surface area (Å²) < 4.78 is 11.0. The summed E-state index contributed by atoms with van der Waals surface area (Å²) in [5.41, 5.74) is 0. The predicted molar refractivity (Wildman–Crippen MR) is 73.1 cm³/mol. The van der Waals surface area contributed by atoms with Gasteiger partial charge in [-0.15, -0.1) is 5.10 Å². The van der Waals surface area contributed by atoms with Gasteiger partial charge in [0.1, 0.15) is 0 Å². The monoisotopic (exact) mass is 268 g/mol. The molecular formula is C13H24N4O2. The smallest absolute Gasteiger partial charge is 0.318 e. The minimum atomic E-state index is 0.367. The predicted octanol–water partition coefficient (Wildman–Crippen LogP) is 1.43. The average molecular weight is 268 g/mol. The Morgan fingerprint density at radius 1 is 1.37 bits per heavy atom. The van der Waals surface area contributed by atoms with E-state index in [9.17, 15) is 0 Å². The van der Waals surface area contributed by atoms with E-state index in [0.717, 1.165) is 32.5 Å².